The van der Waals surface area contributed by atoms with Gasteiger partial charge in [0.2, 0.25) is 5.52 Å². The molecule has 1 aliphatic carbocycles. The number of aryl methyl sites for hydroxylation is 1. The van der Waals surface area contributed by atoms with E-state index in [9.17, 15) is 0 Å². The molecule has 0 saturated heterocycles. The average Bonchev–Trinajstić information content (AvgIpc) is 2.56. The summed E-state index contributed by atoms with van der Waals surface area (Å²) in [4.78, 5) is 0. The van der Waals surface area contributed by atoms with E-state index >= 15 is 0 Å². The van der Waals surface area contributed by atoms with Gasteiger partial charge in [-0.1, -0.05) is 30.4 Å². The largest absolute Gasteiger partial charge is 0.399 e. The van der Waals surface area contributed by atoms with Crippen LogP contribution >= 0.6 is 0 Å². The molecule has 3 nitrogen and oxygen atoms in total. The Labute approximate surface area is 135 Å². The number of nitrogens with two attached hydrogens (primary N) is 2. The maximum Gasteiger partial charge on any atom is 0.215 e. The first-order valence-corrected chi connectivity index (χ1v) is 7.89. The molecule has 3 heteroatoms. The summed E-state index contributed by atoms with van der Waals surface area (Å²) in [5.74, 6) is 0.347. The molecule has 0 saturated carbocycles. The minimum Gasteiger partial charge on any atom is -0.399 e. The van der Waals surface area contributed by atoms with Crippen molar-refractivity contribution in [2.45, 2.75) is 12.3 Å². The van der Waals surface area contributed by atoms with Crippen molar-refractivity contribution in [3.8, 4) is 0 Å². The van der Waals surface area contributed by atoms with Crippen molar-refractivity contribution in [1.82, 2.24) is 0 Å². The van der Waals surface area contributed by atoms with Crippen LogP contribution in [0.5, 0.6) is 0 Å². The van der Waals surface area contributed by atoms with Crippen molar-refractivity contribution in [1.29, 1.82) is 0 Å². The van der Waals surface area contributed by atoms with Gasteiger partial charge in [0, 0.05) is 22.8 Å². The number of nitrogen functional groups attached to an aromatic ring is 2. The van der Waals surface area contributed by atoms with Gasteiger partial charge in [0.05, 0.1) is 16.7 Å². The maximum absolute atomic E-state index is 6.08. The number of fused-ring (bicyclic) bond motifs is 3. The molecule has 4 rings (SSSR count). The number of aromatic nitrogens is 1. The lowest BCUT2D eigenvalue weighted by atomic mass is 9.91. The van der Waals surface area contributed by atoms with E-state index < -0.39 is 0 Å². The van der Waals surface area contributed by atoms with Crippen molar-refractivity contribution >= 4 is 33.1 Å². The van der Waals surface area contributed by atoms with E-state index in [1.54, 1.807) is 0 Å². The average molecular weight is 302 g/mol. The number of hydrogen-bond acceptors (Lipinski definition) is 2. The van der Waals surface area contributed by atoms with Crippen molar-refractivity contribution < 1.29 is 4.57 Å². The maximum atomic E-state index is 6.08. The SMILES string of the molecule is C[n+]1c(C2C=CC=CC2)c2cc(N)ccc2c2ccc(N)cc21. The number of anilines is 2. The zero-order valence-corrected chi connectivity index (χ0v) is 13.2. The zero-order valence-electron chi connectivity index (χ0n) is 13.2. The highest BCUT2D eigenvalue weighted by Crippen LogP contribution is 2.33. The molecule has 1 unspecified atom stereocenters. The van der Waals surface area contributed by atoms with Crippen LogP contribution in [0.3, 0.4) is 0 Å². The monoisotopic (exact) mass is 302 g/mol. The van der Waals surface area contributed by atoms with Gasteiger partial charge in [0.1, 0.15) is 7.05 Å². The first kappa shape index (κ1) is 13.8. The molecule has 4 N–H and O–H groups in total. The summed E-state index contributed by atoms with van der Waals surface area (Å²) in [7, 11) is 2.12. The molecule has 1 atom stereocenters. The second kappa shape index (κ2) is 5.13. The summed E-state index contributed by atoms with van der Waals surface area (Å²) in [6.45, 7) is 0. The summed E-state index contributed by atoms with van der Waals surface area (Å²) in [5.41, 5.74) is 16.1. The molecule has 0 bridgehead atoms. The fourth-order valence-electron chi connectivity index (χ4n) is 3.60. The third-order valence-corrected chi connectivity index (χ3v) is 4.69. The lowest BCUT2D eigenvalue weighted by Crippen LogP contribution is -2.36. The molecule has 1 heterocycles. The molecule has 2 aromatic carbocycles. The Morgan fingerprint density at radius 3 is 2.39 bits per heavy atom. The van der Waals surface area contributed by atoms with Crippen molar-refractivity contribution in [3.63, 3.8) is 0 Å². The summed E-state index contributed by atoms with van der Waals surface area (Å²) in [5, 5.41) is 3.65. The van der Waals surface area contributed by atoms with Gasteiger partial charge in [0.25, 0.3) is 0 Å². The fraction of sp³-hybridized carbons (Fsp3) is 0.150. The highest BCUT2D eigenvalue weighted by Gasteiger charge is 2.25. The molecule has 0 aliphatic heterocycles. The minimum atomic E-state index is 0.347. The molecule has 0 amide bonds. The topological polar surface area (TPSA) is 55.9 Å². The number of hydrogen-bond donors (Lipinski definition) is 2. The van der Waals surface area contributed by atoms with Crippen LogP contribution in [0.2, 0.25) is 0 Å². The molecule has 23 heavy (non-hydrogen) atoms. The van der Waals surface area contributed by atoms with Crippen LogP contribution in [-0.2, 0) is 7.05 Å². The molecule has 0 radical (unpaired) electrons. The van der Waals surface area contributed by atoms with Crippen LogP contribution in [0, 0.1) is 0 Å². The summed E-state index contributed by atoms with van der Waals surface area (Å²) in [6.07, 6.45) is 9.70. The van der Waals surface area contributed by atoms with Gasteiger partial charge in [-0.25, -0.2) is 0 Å². The Balaban J connectivity index is 2.16. The standard InChI is InChI=1S/C20H19N3/c1-23-19-12-15(22)8-10-17(19)16-9-7-14(21)11-18(16)20(23)13-5-3-2-4-6-13/h2-5,7-13,22H,6,21H2,1H3/p+1. The second-order valence-electron chi connectivity index (χ2n) is 6.18. The van der Waals surface area contributed by atoms with Crippen LogP contribution in [0.15, 0.2) is 60.7 Å². The smallest absolute Gasteiger partial charge is 0.215 e. The van der Waals surface area contributed by atoms with E-state index in [1.807, 2.05) is 12.1 Å². The van der Waals surface area contributed by atoms with Crippen molar-refractivity contribution in [2.24, 2.45) is 7.05 Å². The van der Waals surface area contributed by atoms with Crippen LogP contribution in [0.25, 0.3) is 21.7 Å². The predicted octanol–water partition coefficient (Wildman–Crippen LogP) is 3.58. The van der Waals surface area contributed by atoms with E-state index in [-0.39, 0.29) is 0 Å². The first-order valence-electron chi connectivity index (χ1n) is 7.89. The molecule has 1 aliphatic rings. The van der Waals surface area contributed by atoms with Gasteiger partial charge < -0.3 is 11.5 Å². The molecular weight excluding hydrogens is 282 g/mol. The number of benzene rings is 2. The van der Waals surface area contributed by atoms with E-state index in [1.165, 1.54) is 21.9 Å². The molecule has 114 valence electrons. The van der Waals surface area contributed by atoms with Crippen LogP contribution < -0.4 is 16.0 Å². The molecule has 1 aromatic heterocycles. The van der Waals surface area contributed by atoms with E-state index in [0.29, 0.717) is 5.92 Å². The number of allylic oxidation sites excluding steroid dienone is 4. The lowest BCUT2D eigenvalue weighted by Gasteiger charge is -2.16. The molecule has 0 spiro atoms. The van der Waals surface area contributed by atoms with Crippen LogP contribution in [0.4, 0.5) is 11.4 Å². The van der Waals surface area contributed by atoms with Crippen LogP contribution in [-0.4, -0.2) is 0 Å². The summed E-state index contributed by atoms with van der Waals surface area (Å²) in [6, 6.07) is 12.3. The molecular formula is C20H20N3+. The minimum absolute atomic E-state index is 0.347. The van der Waals surface area contributed by atoms with Gasteiger partial charge in [-0.15, -0.1) is 0 Å². The Bertz CT molecular complexity index is 983. The van der Waals surface area contributed by atoms with Crippen molar-refractivity contribution in [3.05, 3.63) is 66.4 Å². The number of rotatable bonds is 1. The van der Waals surface area contributed by atoms with Gasteiger partial charge in [-0.05, 0) is 30.7 Å². The summed E-state index contributed by atoms with van der Waals surface area (Å²) < 4.78 is 2.27. The second-order valence-corrected chi connectivity index (χ2v) is 6.18. The Morgan fingerprint density at radius 1 is 0.913 bits per heavy atom. The number of nitrogens with zero attached hydrogens (tertiary/aromatic N) is 1. The van der Waals surface area contributed by atoms with Gasteiger partial charge in [-0.2, -0.15) is 4.57 Å². The van der Waals surface area contributed by atoms with E-state index in [2.05, 4.69) is 60.2 Å². The highest BCUT2D eigenvalue weighted by molar-refractivity contribution is 6.06. The first-order chi connectivity index (χ1) is 11.1. The van der Waals surface area contributed by atoms with E-state index in [0.717, 1.165) is 23.3 Å². The molecule has 0 fully saturated rings. The van der Waals surface area contributed by atoms with E-state index in [4.69, 9.17) is 11.5 Å². The number of pyridine rings is 1. The Kier molecular flexibility index (Phi) is 3.08. The van der Waals surface area contributed by atoms with Gasteiger partial charge in [-0.3, -0.25) is 0 Å². The normalized spacial score (nSPS) is 17.2. The predicted molar refractivity (Wildman–Crippen MR) is 97.1 cm³/mol. The summed E-state index contributed by atoms with van der Waals surface area (Å²) >= 11 is 0. The van der Waals surface area contributed by atoms with Crippen molar-refractivity contribution in [2.75, 3.05) is 11.5 Å². The Hall–Kier alpha value is -2.81. The third kappa shape index (κ3) is 2.16. The van der Waals surface area contributed by atoms with Gasteiger partial charge >= 0.3 is 0 Å². The van der Waals surface area contributed by atoms with Gasteiger partial charge in [0.15, 0.2) is 5.69 Å². The Morgan fingerprint density at radius 2 is 1.65 bits per heavy atom. The van der Waals surface area contributed by atoms with Crippen LogP contribution in [0.1, 0.15) is 18.0 Å². The lowest BCUT2D eigenvalue weighted by molar-refractivity contribution is -0.652. The zero-order chi connectivity index (χ0) is 16.0. The quantitative estimate of drug-likeness (QED) is 0.410. The third-order valence-electron chi connectivity index (χ3n) is 4.69. The fourth-order valence-corrected chi connectivity index (χ4v) is 3.60. The molecule has 3 aromatic rings. The highest BCUT2D eigenvalue weighted by atomic mass is 14.9.